The van der Waals surface area contributed by atoms with Gasteiger partial charge in [-0.1, -0.05) is 27.2 Å². The first-order chi connectivity index (χ1) is 8.12. The van der Waals surface area contributed by atoms with Crippen molar-refractivity contribution in [3.05, 3.63) is 48.9 Å². The third-order valence-corrected chi connectivity index (χ3v) is 3.48. The van der Waals surface area contributed by atoms with Gasteiger partial charge in [-0.25, -0.2) is 9.97 Å². The topological polar surface area (TPSA) is 63.2 Å². The number of benzene rings is 1. The Hall–Kier alpha value is -2.02. The Morgan fingerprint density at radius 1 is 1.12 bits per heavy atom. The van der Waals surface area contributed by atoms with Crippen LogP contribution in [0.5, 0.6) is 0 Å². The maximum absolute atomic E-state index is 13.8. The van der Waals surface area contributed by atoms with Crippen LogP contribution in [-0.4, -0.2) is 18.4 Å². The molecule has 0 aliphatic carbocycles. The number of halogens is 1. The summed E-state index contributed by atoms with van der Waals surface area (Å²) in [6, 6.07) is 8.46. The van der Waals surface area contributed by atoms with E-state index in [1.54, 1.807) is 6.07 Å². The number of nitrogens with zero attached hydrogens (tertiary/aromatic N) is 3. The van der Waals surface area contributed by atoms with Crippen molar-refractivity contribution >= 4 is 15.8 Å². The zero-order valence-corrected chi connectivity index (χ0v) is 9.38. The molecule has 1 aromatic heterocycles. The first-order valence-corrected chi connectivity index (χ1v) is 6.08. The van der Waals surface area contributed by atoms with Gasteiger partial charge in [0.2, 0.25) is 0 Å². The molecular weight excluding hydrogens is 245 g/mol. The SMILES string of the molecule is O=S(=O)(c1ccccc1)N(F)c1ccncn1. The van der Waals surface area contributed by atoms with Crippen LogP contribution in [-0.2, 0) is 10.0 Å². The van der Waals surface area contributed by atoms with Crippen molar-refractivity contribution in [1.29, 1.82) is 0 Å². The molecule has 0 aliphatic rings. The Balaban J connectivity index is 2.41. The molecule has 0 saturated carbocycles. The zero-order valence-electron chi connectivity index (χ0n) is 8.56. The van der Waals surface area contributed by atoms with Crippen LogP contribution < -0.4 is 4.53 Å². The molecule has 88 valence electrons. The van der Waals surface area contributed by atoms with E-state index in [-0.39, 0.29) is 15.2 Å². The fraction of sp³-hybridized carbons (Fsp3) is 0. The third-order valence-electron chi connectivity index (χ3n) is 2.00. The molecule has 0 aliphatic heterocycles. The highest BCUT2D eigenvalue weighted by Crippen LogP contribution is 2.20. The molecule has 1 aromatic carbocycles. The molecule has 0 atom stereocenters. The lowest BCUT2D eigenvalue weighted by Crippen LogP contribution is -2.23. The van der Waals surface area contributed by atoms with E-state index in [0.29, 0.717) is 0 Å². The maximum Gasteiger partial charge on any atom is 0.292 e. The van der Waals surface area contributed by atoms with E-state index in [1.165, 1.54) is 36.5 Å². The minimum absolute atomic E-state index is 0.138. The number of anilines is 1. The summed E-state index contributed by atoms with van der Waals surface area (Å²) in [5.74, 6) is -0.330. The molecule has 0 unspecified atom stereocenters. The summed E-state index contributed by atoms with van der Waals surface area (Å²) < 4.78 is 37.0. The lowest BCUT2D eigenvalue weighted by Gasteiger charge is -2.12. The van der Waals surface area contributed by atoms with E-state index in [9.17, 15) is 12.9 Å². The van der Waals surface area contributed by atoms with Gasteiger partial charge in [0.15, 0.2) is 5.82 Å². The van der Waals surface area contributed by atoms with Crippen LogP contribution in [0.2, 0.25) is 0 Å². The van der Waals surface area contributed by atoms with E-state index < -0.39 is 10.0 Å². The fourth-order valence-electron chi connectivity index (χ4n) is 1.20. The van der Waals surface area contributed by atoms with E-state index >= 15 is 0 Å². The predicted octanol–water partition coefficient (Wildman–Crippen LogP) is 1.56. The van der Waals surface area contributed by atoms with Crippen LogP contribution in [0.25, 0.3) is 0 Å². The smallest absolute Gasteiger partial charge is 0.245 e. The second-order valence-electron chi connectivity index (χ2n) is 3.10. The fourth-order valence-corrected chi connectivity index (χ4v) is 2.24. The first-order valence-electron chi connectivity index (χ1n) is 4.64. The molecule has 17 heavy (non-hydrogen) atoms. The van der Waals surface area contributed by atoms with Gasteiger partial charge in [-0.3, -0.25) is 0 Å². The molecule has 5 nitrogen and oxygen atoms in total. The van der Waals surface area contributed by atoms with Crippen molar-refractivity contribution in [2.45, 2.75) is 4.90 Å². The second-order valence-corrected chi connectivity index (χ2v) is 4.84. The lowest BCUT2D eigenvalue weighted by atomic mass is 10.4. The van der Waals surface area contributed by atoms with Gasteiger partial charge < -0.3 is 0 Å². The summed E-state index contributed by atoms with van der Waals surface area (Å²) in [7, 11) is -4.22. The van der Waals surface area contributed by atoms with Gasteiger partial charge >= 0.3 is 0 Å². The Labute approximate surface area is 97.5 Å². The summed E-state index contributed by atoms with van der Waals surface area (Å²) in [5, 5.41) is 0. The standard InChI is InChI=1S/C10H8FN3O2S/c11-14(10-6-7-12-8-13-10)17(15,16)9-4-2-1-3-5-9/h1-8H. The highest BCUT2D eigenvalue weighted by atomic mass is 32.2. The van der Waals surface area contributed by atoms with E-state index in [4.69, 9.17) is 0 Å². The normalized spacial score (nSPS) is 11.1. The van der Waals surface area contributed by atoms with Crippen LogP contribution in [0.4, 0.5) is 10.3 Å². The van der Waals surface area contributed by atoms with Gasteiger partial charge in [0, 0.05) is 12.3 Å². The largest absolute Gasteiger partial charge is 0.292 e. The summed E-state index contributed by atoms with van der Waals surface area (Å²) in [6.07, 6.45) is 2.33. The molecule has 0 bridgehead atoms. The maximum atomic E-state index is 13.8. The second kappa shape index (κ2) is 4.46. The van der Waals surface area contributed by atoms with Crippen molar-refractivity contribution in [1.82, 2.24) is 9.97 Å². The Morgan fingerprint density at radius 2 is 1.82 bits per heavy atom. The molecule has 2 aromatic rings. The van der Waals surface area contributed by atoms with Crippen molar-refractivity contribution in [3.8, 4) is 0 Å². The van der Waals surface area contributed by atoms with Crippen LogP contribution in [0.3, 0.4) is 0 Å². The average Bonchev–Trinajstić information content (AvgIpc) is 2.40. The Morgan fingerprint density at radius 3 is 2.41 bits per heavy atom. The number of aromatic nitrogens is 2. The first kappa shape index (κ1) is 11.5. The van der Waals surface area contributed by atoms with Crippen molar-refractivity contribution < 1.29 is 12.9 Å². The quantitative estimate of drug-likeness (QED) is 0.779. The lowest BCUT2D eigenvalue weighted by molar-refractivity contribution is 0.490. The van der Waals surface area contributed by atoms with Crippen LogP contribution >= 0.6 is 0 Å². The minimum Gasteiger partial charge on any atom is -0.245 e. The Bertz CT molecular complexity index is 589. The molecule has 0 saturated heterocycles. The number of rotatable bonds is 3. The molecule has 0 radical (unpaired) electrons. The number of sulfonamides is 1. The van der Waals surface area contributed by atoms with Gasteiger partial charge in [-0.05, 0) is 12.1 Å². The highest BCUT2D eigenvalue weighted by molar-refractivity contribution is 7.92. The minimum atomic E-state index is -4.22. The number of hydrogen-bond acceptors (Lipinski definition) is 4. The Kier molecular flexibility index (Phi) is 3.01. The molecule has 0 spiro atoms. The van der Waals surface area contributed by atoms with Gasteiger partial charge in [0.05, 0.1) is 4.90 Å². The van der Waals surface area contributed by atoms with E-state index in [2.05, 4.69) is 9.97 Å². The monoisotopic (exact) mass is 253 g/mol. The summed E-state index contributed by atoms with van der Waals surface area (Å²) in [5.41, 5.74) is 0. The van der Waals surface area contributed by atoms with Gasteiger partial charge in [-0.2, -0.15) is 8.42 Å². The molecular formula is C10H8FN3O2S. The van der Waals surface area contributed by atoms with Crippen molar-refractivity contribution in [2.75, 3.05) is 4.53 Å². The summed E-state index contributed by atoms with van der Waals surface area (Å²) in [4.78, 5) is 6.98. The summed E-state index contributed by atoms with van der Waals surface area (Å²) in [6.45, 7) is 0. The highest BCUT2D eigenvalue weighted by Gasteiger charge is 2.25. The van der Waals surface area contributed by atoms with E-state index in [0.717, 1.165) is 6.33 Å². The van der Waals surface area contributed by atoms with Crippen LogP contribution in [0, 0.1) is 0 Å². The van der Waals surface area contributed by atoms with Crippen molar-refractivity contribution in [2.24, 2.45) is 0 Å². The van der Waals surface area contributed by atoms with Gasteiger partial charge in [0.25, 0.3) is 10.0 Å². The predicted molar refractivity (Wildman–Crippen MR) is 59.2 cm³/mol. The number of hydrogen-bond donors (Lipinski definition) is 0. The third kappa shape index (κ3) is 2.23. The molecule has 2 rings (SSSR count). The molecule has 0 amide bonds. The van der Waals surface area contributed by atoms with Gasteiger partial charge in [0.1, 0.15) is 6.33 Å². The van der Waals surface area contributed by atoms with Crippen LogP contribution in [0.15, 0.2) is 53.8 Å². The average molecular weight is 253 g/mol. The molecule has 7 heteroatoms. The van der Waals surface area contributed by atoms with Crippen LogP contribution in [0.1, 0.15) is 0 Å². The molecule has 0 fully saturated rings. The molecule has 1 heterocycles. The van der Waals surface area contributed by atoms with Gasteiger partial charge in [-0.15, -0.1) is 0 Å². The molecule has 0 N–H and O–H groups in total. The van der Waals surface area contributed by atoms with Crippen molar-refractivity contribution in [3.63, 3.8) is 0 Å². The zero-order chi connectivity index (χ0) is 12.3. The summed E-state index contributed by atoms with van der Waals surface area (Å²) >= 11 is 0. The van der Waals surface area contributed by atoms with E-state index in [1.807, 2.05) is 0 Å².